The maximum Gasteiger partial charge on any atom is 0.108 e. The minimum absolute atomic E-state index is 0.465. The largest absolute Gasteiger partial charge is 0.462 e. The third-order valence-electron chi connectivity index (χ3n) is 0.433. The van der Waals surface area contributed by atoms with Crippen molar-refractivity contribution in [3.8, 4) is 23.9 Å². The van der Waals surface area contributed by atoms with Crippen LogP contribution in [-0.4, -0.2) is 5.11 Å². The van der Waals surface area contributed by atoms with Crippen LogP contribution in [0.2, 0.25) is 0 Å². The van der Waals surface area contributed by atoms with Crippen molar-refractivity contribution in [3.63, 3.8) is 0 Å². The first kappa shape index (κ1) is 5.92. The Balaban J connectivity index is 3.21. The lowest BCUT2D eigenvalue weighted by Crippen LogP contribution is -1.56. The number of aliphatic hydroxyl groups is 1. The van der Waals surface area contributed by atoms with E-state index in [2.05, 4.69) is 17.8 Å². The first-order chi connectivity index (χ1) is 3.41. The van der Waals surface area contributed by atoms with Crippen LogP contribution in [0.3, 0.4) is 0 Å². The molecule has 0 aliphatic rings. The predicted octanol–water partition coefficient (Wildman–Crippen LogP) is 0.733. The summed E-state index contributed by atoms with van der Waals surface area (Å²) < 4.78 is 0. The lowest BCUT2D eigenvalue weighted by atomic mass is 10.4. The minimum atomic E-state index is 0.465. The van der Waals surface area contributed by atoms with Crippen molar-refractivity contribution >= 4 is 0 Å². The van der Waals surface area contributed by atoms with E-state index in [-0.39, 0.29) is 0 Å². The molecule has 0 aromatic rings. The number of rotatable bonds is 0. The van der Waals surface area contributed by atoms with Crippen molar-refractivity contribution in [2.24, 2.45) is 0 Å². The van der Waals surface area contributed by atoms with Gasteiger partial charge in [-0.05, 0) is 12.8 Å². The van der Waals surface area contributed by atoms with Crippen LogP contribution in [0.15, 0.2) is 0 Å². The highest BCUT2D eigenvalue weighted by Crippen LogP contribution is 1.65. The topological polar surface area (TPSA) is 20.2 Å². The summed E-state index contributed by atoms with van der Waals surface area (Å²) in [6, 6.07) is 0. The summed E-state index contributed by atoms with van der Waals surface area (Å²) in [6.45, 7) is 1.74. The monoisotopic (exact) mass is 94.0 g/mol. The average molecular weight is 94.1 g/mol. The van der Waals surface area contributed by atoms with E-state index in [1.807, 2.05) is 0 Å². The summed E-state index contributed by atoms with van der Waals surface area (Å²) in [5, 5.41) is 7.86. The molecule has 0 radical (unpaired) electrons. The molecule has 1 nitrogen and oxygen atoms in total. The fourth-order valence-corrected chi connectivity index (χ4v) is 0.172. The first-order valence-electron chi connectivity index (χ1n) is 1.93. The summed E-state index contributed by atoms with van der Waals surface area (Å²) >= 11 is 0. The second kappa shape index (κ2) is 4.92. The Morgan fingerprint density at radius 3 is 2.57 bits per heavy atom. The average Bonchev–Trinajstić information content (AvgIpc) is 1.69. The third-order valence-corrected chi connectivity index (χ3v) is 0.433. The summed E-state index contributed by atoms with van der Waals surface area (Å²) in [5.74, 6) is 7.69. The zero-order chi connectivity index (χ0) is 5.54. The Bertz CT molecular complexity index is 119. The van der Waals surface area contributed by atoms with Gasteiger partial charge in [-0.3, -0.25) is 0 Å². The Hall–Kier alpha value is -1.08. The molecular formula is C6H6O. The predicted molar refractivity (Wildman–Crippen MR) is 27.8 cm³/mol. The van der Waals surface area contributed by atoms with Crippen LogP contribution in [0.4, 0.5) is 0 Å². The fourth-order valence-electron chi connectivity index (χ4n) is 0.172. The lowest BCUT2D eigenvalue weighted by Gasteiger charge is -1.62. The molecule has 0 amide bonds. The molecule has 0 bridgehead atoms. The SMILES string of the molecule is CC#CCC#CO. The molecule has 0 aliphatic carbocycles. The summed E-state index contributed by atoms with van der Waals surface area (Å²) in [4.78, 5) is 0. The molecule has 0 fully saturated rings. The smallest absolute Gasteiger partial charge is 0.108 e. The van der Waals surface area contributed by atoms with Crippen LogP contribution in [-0.2, 0) is 0 Å². The van der Waals surface area contributed by atoms with Gasteiger partial charge in [-0.2, -0.15) is 0 Å². The van der Waals surface area contributed by atoms with Crippen LogP contribution in [0.5, 0.6) is 0 Å². The molecule has 0 aliphatic heterocycles. The number of aliphatic hydroxyl groups excluding tert-OH is 1. The van der Waals surface area contributed by atoms with Crippen molar-refractivity contribution < 1.29 is 5.11 Å². The molecule has 0 aromatic carbocycles. The van der Waals surface area contributed by atoms with E-state index in [1.165, 1.54) is 0 Å². The number of hydrogen-bond donors (Lipinski definition) is 1. The second-order valence-corrected chi connectivity index (χ2v) is 0.892. The summed E-state index contributed by atoms with van der Waals surface area (Å²) in [5.41, 5.74) is 0. The van der Waals surface area contributed by atoms with Gasteiger partial charge in [0.15, 0.2) is 0 Å². The van der Waals surface area contributed by atoms with Gasteiger partial charge in [-0.25, -0.2) is 0 Å². The van der Waals surface area contributed by atoms with Crippen LogP contribution >= 0.6 is 0 Å². The second-order valence-electron chi connectivity index (χ2n) is 0.892. The highest BCUT2D eigenvalue weighted by molar-refractivity contribution is 5.06. The Kier molecular flexibility index (Phi) is 4.16. The molecule has 1 heteroatoms. The normalized spacial score (nSPS) is 4.71. The molecule has 0 saturated carbocycles. The molecule has 0 rings (SSSR count). The maximum atomic E-state index is 7.86. The van der Waals surface area contributed by atoms with Gasteiger partial charge < -0.3 is 5.11 Å². The molecule has 0 saturated heterocycles. The van der Waals surface area contributed by atoms with E-state index < -0.39 is 0 Å². The van der Waals surface area contributed by atoms with Crippen molar-refractivity contribution in [2.45, 2.75) is 13.3 Å². The molecule has 0 heterocycles. The van der Waals surface area contributed by atoms with Crippen molar-refractivity contribution in [3.05, 3.63) is 0 Å². The molecule has 0 spiro atoms. The van der Waals surface area contributed by atoms with E-state index >= 15 is 0 Å². The summed E-state index contributed by atoms with van der Waals surface area (Å²) in [6.07, 6.45) is 2.22. The van der Waals surface area contributed by atoms with Gasteiger partial charge in [0.2, 0.25) is 0 Å². The van der Waals surface area contributed by atoms with Gasteiger partial charge in [0, 0.05) is 0 Å². The molecule has 0 atom stereocenters. The first-order valence-corrected chi connectivity index (χ1v) is 1.93. The highest BCUT2D eigenvalue weighted by Gasteiger charge is 1.59. The van der Waals surface area contributed by atoms with Crippen molar-refractivity contribution in [2.75, 3.05) is 0 Å². The molecule has 36 valence electrons. The highest BCUT2D eigenvalue weighted by atomic mass is 16.2. The van der Waals surface area contributed by atoms with Crippen LogP contribution in [0.25, 0.3) is 0 Å². The van der Waals surface area contributed by atoms with Crippen molar-refractivity contribution in [1.82, 2.24) is 0 Å². The van der Waals surface area contributed by atoms with Gasteiger partial charge in [0.25, 0.3) is 0 Å². The maximum absolute atomic E-state index is 7.86. The molecule has 7 heavy (non-hydrogen) atoms. The van der Waals surface area contributed by atoms with E-state index in [0.717, 1.165) is 0 Å². The number of hydrogen-bond acceptors (Lipinski definition) is 1. The molecule has 0 unspecified atom stereocenters. The zero-order valence-corrected chi connectivity index (χ0v) is 4.15. The van der Waals surface area contributed by atoms with E-state index in [1.54, 1.807) is 13.0 Å². The fraction of sp³-hybridized carbons (Fsp3) is 0.333. The Morgan fingerprint density at radius 2 is 2.14 bits per heavy atom. The van der Waals surface area contributed by atoms with Crippen LogP contribution in [0, 0.1) is 23.9 Å². The van der Waals surface area contributed by atoms with E-state index in [0.29, 0.717) is 6.42 Å². The van der Waals surface area contributed by atoms with Crippen LogP contribution < -0.4 is 0 Å². The van der Waals surface area contributed by atoms with E-state index in [4.69, 9.17) is 5.11 Å². The Labute approximate surface area is 43.4 Å². The molecule has 0 aromatic heterocycles. The molecular weight excluding hydrogens is 88.1 g/mol. The standard InChI is InChI=1S/C6H6O/c1-2-3-4-5-6-7/h7H,4H2,1H3. The van der Waals surface area contributed by atoms with Gasteiger partial charge in [0.1, 0.15) is 6.11 Å². The molecule has 1 N–H and O–H groups in total. The van der Waals surface area contributed by atoms with Gasteiger partial charge in [-0.15, -0.1) is 5.92 Å². The zero-order valence-electron chi connectivity index (χ0n) is 4.15. The van der Waals surface area contributed by atoms with Gasteiger partial charge in [-0.1, -0.05) is 5.92 Å². The third kappa shape index (κ3) is 4.92. The van der Waals surface area contributed by atoms with E-state index in [9.17, 15) is 0 Å². The minimum Gasteiger partial charge on any atom is -0.462 e. The van der Waals surface area contributed by atoms with Gasteiger partial charge >= 0.3 is 0 Å². The van der Waals surface area contributed by atoms with Crippen LogP contribution in [0.1, 0.15) is 13.3 Å². The lowest BCUT2D eigenvalue weighted by molar-refractivity contribution is 0.516. The summed E-state index contributed by atoms with van der Waals surface area (Å²) in [7, 11) is 0. The van der Waals surface area contributed by atoms with Gasteiger partial charge in [0.05, 0.1) is 6.42 Å². The quantitative estimate of drug-likeness (QED) is 0.439. The Morgan fingerprint density at radius 1 is 1.43 bits per heavy atom. The van der Waals surface area contributed by atoms with Crippen molar-refractivity contribution in [1.29, 1.82) is 0 Å².